The Morgan fingerprint density at radius 2 is 1.62 bits per heavy atom. The molecule has 0 aromatic heterocycles. The van der Waals surface area contributed by atoms with E-state index in [-0.39, 0.29) is 39.9 Å². The maximum Gasteiger partial charge on any atom is 0.164 e. The largest absolute Gasteiger partial charge is 0.507 e. The Bertz CT molecular complexity index is 829. The highest BCUT2D eigenvalue weighted by molar-refractivity contribution is 6.33. The van der Waals surface area contributed by atoms with Crippen LogP contribution in [0, 0.1) is 6.92 Å². The fourth-order valence-electron chi connectivity index (χ4n) is 2.86. The normalized spacial score (nSPS) is 12.9. The number of allylic oxidation sites excluding steroid dienone is 4. The number of phenols is 2. The van der Waals surface area contributed by atoms with E-state index in [0.717, 1.165) is 24.0 Å². The fourth-order valence-corrected chi connectivity index (χ4v) is 3.08. The summed E-state index contributed by atoms with van der Waals surface area (Å²) in [6.45, 7) is 8.47. The Morgan fingerprint density at radius 1 is 1.03 bits per heavy atom. The number of phenolic OH excluding ortho intramolecular Hbond substituents is 2. The molecule has 6 heteroatoms. The number of hydrogen-bond donors (Lipinski definition) is 3. The number of halogens is 1. The van der Waals surface area contributed by atoms with Crippen LogP contribution >= 0.6 is 11.6 Å². The van der Waals surface area contributed by atoms with E-state index in [9.17, 15) is 24.9 Å². The lowest BCUT2D eigenvalue weighted by molar-refractivity contribution is -0.134. The molecular weight excluding hydrogens is 392 g/mol. The smallest absolute Gasteiger partial charge is 0.164 e. The number of aromatic hydroxyl groups is 2. The van der Waals surface area contributed by atoms with Crippen molar-refractivity contribution in [2.24, 2.45) is 0 Å². The van der Waals surface area contributed by atoms with Gasteiger partial charge in [-0.1, -0.05) is 34.9 Å². The number of hydrogen-bond acceptors (Lipinski definition) is 5. The molecular formula is C23H31ClO5. The third-order valence-corrected chi connectivity index (χ3v) is 5.46. The molecule has 0 aliphatic carbocycles. The number of aldehydes is 1. The highest BCUT2D eigenvalue weighted by atomic mass is 35.5. The van der Waals surface area contributed by atoms with Crippen molar-refractivity contribution in [1.82, 2.24) is 0 Å². The monoisotopic (exact) mass is 422 g/mol. The molecule has 29 heavy (non-hydrogen) atoms. The zero-order valence-corrected chi connectivity index (χ0v) is 18.6. The van der Waals surface area contributed by atoms with Gasteiger partial charge in [-0.2, -0.15) is 0 Å². The van der Waals surface area contributed by atoms with Crippen LogP contribution in [-0.4, -0.2) is 33.0 Å². The van der Waals surface area contributed by atoms with Gasteiger partial charge in [-0.3, -0.25) is 9.59 Å². The predicted molar refractivity (Wildman–Crippen MR) is 116 cm³/mol. The minimum Gasteiger partial charge on any atom is -0.507 e. The number of carbonyl (C=O) groups excluding carboxylic acids is 2. The van der Waals surface area contributed by atoms with E-state index >= 15 is 0 Å². The molecule has 0 saturated heterocycles. The summed E-state index contributed by atoms with van der Waals surface area (Å²) in [5, 5.41) is 30.2. The Hall–Kier alpha value is -2.11. The van der Waals surface area contributed by atoms with Crippen molar-refractivity contribution >= 4 is 23.7 Å². The molecule has 0 amide bonds. The minimum atomic E-state index is -1.29. The summed E-state index contributed by atoms with van der Waals surface area (Å²) in [5.41, 5.74) is 1.53. The van der Waals surface area contributed by atoms with E-state index in [0.29, 0.717) is 24.7 Å². The molecule has 0 radical (unpaired) electrons. The molecule has 0 fully saturated rings. The van der Waals surface area contributed by atoms with Gasteiger partial charge in [0.25, 0.3) is 0 Å². The van der Waals surface area contributed by atoms with Gasteiger partial charge in [0.05, 0.1) is 10.6 Å². The van der Waals surface area contributed by atoms with Gasteiger partial charge in [0.2, 0.25) is 0 Å². The number of carbonyl (C=O) groups is 2. The van der Waals surface area contributed by atoms with Crippen LogP contribution in [0.5, 0.6) is 11.5 Å². The third kappa shape index (κ3) is 7.02. The number of aliphatic hydroxyl groups is 1. The summed E-state index contributed by atoms with van der Waals surface area (Å²) in [7, 11) is 0. The standard InChI is InChI=1S/C23H31ClO5/c1-14(7-6-8-15(2)10-12-19(26)23(4,5)29)9-11-17-21(27)18(13-25)16(3)20(24)22(17)28/h8-9,13,27-29H,6-7,10-12H2,1-5H3/b14-9+,15-8+. The molecule has 0 bridgehead atoms. The van der Waals surface area contributed by atoms with Crippen LogP contribution in [0.25, 0.3) is 0 Å². The highest BCUT2D eigenvalue weighted by Crippen LogP contribution is 2.40. The lowest BCUT2D eigenvalue weighted by Crippen LogP contribution is -2.30. The van der Waals surface area contributed by atoms with Gasteiger partial charge in [-0.25, -0.2) is 0 Å². The van der Waals surface area contributed by atoms with E-state index in [4.69, 9.17) is 11.6 Å². The first-order chi connectivity index (χ1) is 13.4. The van der Waals surface area contributed by atoms with Gasteiger partial charge in [0, 0.05) is 12.0 Å². The summed E-state index contributed by atoms with van der Waals surface area (Å²) in [6, 6.07) is 0. The number of benzene rings is 1. The highest BCUT2D eigenvalue weighted by Gasteiger charge is 2.22. The first kappa shape index (κ1) is 24.9. The van der Waals surface area contributed by atoms with Crippen LogP contribution in [0.15, 0.2) is 23.3 Å². The fraction of sp³-hybridized carbons (Fsp3) is 0.478. The van der Waals surface area contributed by atoms with Crippen LogP contribution in [0.1, 0.15) is 74.9 Å². The van der Waals surface area contributed by atoms with E-state index < -0.39 is 5.60 Å². The van der Waals surface area contributed by atoms with Crippen LogP contribution in [0.2, 0.25) is 5.02 Å². The van der Waals surface area contributed by atoms with Crippen molar-refractivity contribution < 1.29 is 24.9 Å². The molecule has 0 saturated carbocycles. The van der Waals surface area contributed by atoms with Crippen LogP contribution in [0.4, 0.5) is 0 Å². The average molecular weight is 423 g/mol. The average Bonchev–Trinajstić information content (AvgIpc) is 2.64. The van der Waals surface area contributed by atoms with Crippen LogP contribution in [-0.2, 0) is 11.2 Å². The zero-order chi connectivity index (χ0) is 22.4. The van der Waals surface area contributed by atoms with Crippen LogP contribution < -0.4 is 0 Å². The van der Waals surface area contributed by atoms with Gasteiger partial charge in [0.15, 0.2) is 12.1 Å². The van der Waals surface area contributed by atoms with Crippen LogP contribution in [0.3, 0.4) is 0 Å². The molecule has 0 spiro atoms. The second-order valence-corrected chi connectivity index (χ2v) is 8.35. The molecule has 0 aliphatic rings. The van der Waals surface area contributed by atoms with Gasteiger partial charge < -0.3 is 15.3 Å². The molecule has 1 rings (SSSR count). The second kappa shape index (κ2) is 10.6. The SMILES string of the molecule is C/C(=C\Cc1c(O)c(Cl)c(C)c(C=O)c1O)CC/C=C(\C)CCC(=O)C(C)(C)O. The number of Topliss-reactive ketones (excluding diaryl/α,β-unsaturated/α-hetero) is 1. The Balaban J connectivity index is 2.71. The summed E-state index contributed by atoms with van der Waals surface area (Å²) in [4.78, 5) is 23.0. The molecule has 0 atom stereocenters. The lowest BCUT2D eigenvalue weighted by atomic mass is 9.97. The summed E-state index contributed by atoms with van der Waals surface area (Å²) in [5.74, 6) is -0.619. The van der Waals surface area contributed by atoms with Crippen molar-refractivity contribution in [2.75, 3.05) is 0 Å². The molecule has 0 aliphatic heterocycles. The summed E-state index contributed by atoms with van der Waals surface area (Å²) >= 11 is 6.06. The first-order valence-corrected chi connectivity index (χ1v) is 10.0. The maximum atomic E-state index is 11.8. The van der Waals surface area contributed by atoms with E-state index in [2.05, 4.69) is 6.08 Å². The lowest BCUT2D eigenvalue weighted by Gasteiger charge is -2.15. The zero-order valence-electron chi connectivity index (χ0n) is 17.8. The van der Waals surface area contributed by atoms with Gasteiger partial charge in [-0.05, 0) is 65.9 Å². The topological polar surface area (TPSA) is 94.8 Å². The molecule has 0 heterocycles. The van der Waals surface area contributed by atoms with Crippen molar-refractivity contribution in [3.8, 4) is 11.5 Å². The Morgan fingerprint density at radius 3 is 2.17 bits per heavy atom. The molecule has 5 nitrogen and oxygen atoms in total. The maximum absolute atomic E-state index is 11.8. The number of rotatable bonds is 10. The van der Waals surface area contributed by atoms with Gasteiger partial charge in [-0.15, -0.1) is 0 Å². The Kier molecular flexibility index (Phi) is 9.12. The van der Waals surface area contributed by atoms with E-state index in [1.165, 1.54) is 13.8 Å². The third-order valence-electron chi connectivity index (χ3n) is 5.00. The van der Waals surface area contributed by atoms with E-state index in [1.54, 1.807) is 6.92 Å². The second-order valence-electron chi connectivity index (χ2n) is 7.97. The van der Waals surface area contributed by atoms with E-state index in [1.807, 2.05) is 19.9 Å². The predicted octanol–water partition coefficient (Wildman–Crippen LogP) is 5.21. The Labute approximate surface area is 177 Å². The van der Waals surface area contributed by atoms with Crippen molar-refractivity contribution in [1.29, 1.82) is 0 Å². The molecule has 1 aromatic carbocycles. The van der Waals surface area contributed by atoms with Gasteiger partial charge in [0.1, 0.15) is 17.1 Å². The summed E-state index contributed by atoms with van der Waals surface area (Å²) < 4.78 is 0. The molecule has 0 unspecified atom stereocenters. The molecule has 1 aromatic rings. The first-order valence-electron chi connectivity index (χ1n) is 9.65. The quantitative estimate of drug-likeness (QED) is 0.355. The summed E-state index contributed by atoms with van der Waals surface area (Å²) in [6.07, 6.45) is 7.23. The van der Waals surface area contributed by atoms with Crippen molar-refractivity contribution in [3.63, 3.8) is 0 Å². The van der Waals surface area contributed by atoms with Crippen molar-refractivity contribution in [2.45, 2.75) is 72.3 Å². The molecule has 3 N–H and O–H groups in total. The molecule has 160 valence electrons. The number of ketones is 1. The minimum absolute atomic E-state index is 0.0742. The van der Waals surface area contributed by atoms with Crippen molar-refractivity contribution in [3.05, 3.63) is 45.0 Å². The van der Waals surface area contributed by atoms with Gasteiger partial charge >= 0.3 is 0 Å².